The van der Waals surface area contributed by atoms with Crippen LogP contribution in [0.25, 0.3) is 33.1 Å². The summed E-state index contributed by atoms with van der Waals surface area (Å²) in [7, 11) is 0. The molecule has 0 radical (unpaired) electrons. The number of benzene rings is 3. The first-order chi connectivity index (χ1) is 15.1. The number of rotatable bonds is 2. The molecule has 2 aromatic heterocycles. The monoisotopic (exact) mass is 407 g/mol. The molecule has 5 heteroatoms. The fourth-order valence-electron chi connectivity index (χ4n) is 3.67. The van der Waals surface area contributed by atoms with Crippen molar-refractivity contribution >= 4 is 33.6 Å². The van der Waals surface area contributed by atoms with E-state index in [0.29, 0.717) is 11.3 Å². The number of aromatic amines is 1. The van der Waals surface area contributed by atoms with Gasteiger partial charge in [0.05, 0.1) is 11.3 Å². The number of aromatic nitrogens is 1. The summed E-state index contributed by atoms with van der Waals surface area (Å²) in [4.78, 5) is 20.4. The highest BCUT2D eigenvalue weighted by Crippen LogP contribution is 2.26. The first-order valence-electron chi connectivity index (χ1n) is 10.1. The van der Waals surface area contributed by atoms with Gasteiger partial charge in [0.25, 0.3) is 0 Å². The number of fused-ring (bicyclic) bond motifs is 2. The van der Waals surface area contributed by atoms with Crippen LogP contribution in [0.3, 0.4) is 0 Å². The van der Waals surface area contributed by atoms with Crippen molar-refractivity contribution in [2.24, 2.45) is 4.99 Å². The molecule has 152 valence electrons. The molecule has 2 N–H and O–H groups in total. The molecule has 0 fully saturated rings. The van der Waals surface area contributed by atoms with Crippen LogP contribution in [0.2, 0.25) is 0 Å². The average molecular weight is 407 g/mol. The van der Waals surface area contributed by atoms with E-state index in [1.807, 2.05) is 92.7 Å². The zero-order valence-electron chi connectivity index (χ0n) is 17.3. The van der Waals surface area contributed by atoms with Crippen molar-refractivity contribution in [3.63, 3.8) is 0 Å². The second kappa shape index (κ2) is 7.61. The van der Waals surface area contributed by atoms with E-state index < -0.39 is 6.03 Å². The summed E-state index contributed by atoms with van der Waals surface area (Å²) in [5.74, 6) is 0. The van der Waals surface area contributed by atoms with Crippen molar-refractivity contribution < 1.29 is 9.21 Å². The second-order valence-corrected chi connectivity index (χ2v) is 7.64. The van der Waals surface area contributed by atoms with Crippen molar-refractivity contribution in [3.8, 4) is 11.3 Å². The van der Waals surface area contributed by atoms with Crippen LogP contribution < -0.4 is 10.9 Å². The van der Waals surface area contributed by atoms with Crippen LogP contribution in [0.1, 0.15) is 11.1 Å². The van der Waals surface area contributed by atoms with Crippen molar-refractivity contribution in [3.05, 3.63) is 95.5 Å². The van der Waals surface area contributed by atoms with Crippen molar-refractivity contribution in [1.29, 1.82) is 0 Å². The number of H-pyrrole nitrogens is 1. The predicted octanol–water partition coefficient (Wildman–Crippen LogP) is 6.33. The zero-order chi connectivity index (χ0) is 21.4. The molecule has 0 aliphatic carbocycles. The molecule has 0 unspecified atom stereocenters. The van der Waals surface area contributed by atoms with Crippen LogP contribution >= 0.6 is 0 Å². The van der Waals surface area contributed by atoms with Gasteiger partial charge in [-0.25, -0.2) is 4.79 Å². The molecule has 0 saturated heterocycles. The predicted molar refractivity (Wildman–Crippen MR) is 124 cm³/mol. The maximum atomic E-state index is 12.7. The van der Waals surface area contributed by atoms with Gasteiger partial charge in [-0.1, -0.05) is 54.1 Å². The van der Waals surface area contributed by atoms with Gasteiger partial charge in [0.1, 0.15) is 5.58 Å². The Morgan fingerprint density at radius 1 is 0.903 bits per heavy atom. The highest BCUT2D eigenvalue weighted by molar-refractivity contribution is 5.92. The molecular formula is C26H21N3O2. The normalized spacial score (nSPS) is 11.9. The topological polar surface area (TPSA) is 70.4 Å². The van der Waals surface area contributed by atoms with Crippen LogP contribution in [-0.2, 0) is 0 Å². The molecule has 5 aromatic rings. The number of hydrogen-bond acceptors (Lipinski definition) is 2. The summed E-state index contributed by atoms with van der Waals surface area (Å²) >= 11 is 0. The number of urea groups is 1. The Balaban J connectivity index is 1.66. The Bertz CT molecular complexity index is 1460. The number of aryl methyl sites for hydroxylation is 2. The molecule has 0 bridgehead atoms. The van der Waals surface area contributed by atoms with Gasteiger partial charge in [-0.3, -0.25) is 0 Å². The Morgan fingerprint density at radius 3 is 2.48 bits per heavy atom. The molecule has 0 saturated carbocycles. The van der Waals surface area contributed by atoms with E-state index in [0.717, 1.165) is 38.7 Å². The van der Waals surface area contributed by atoms with Crippen molar-refractivity contribution in [2.75, 3.05) is 5.32 Å². The minimum Gasteiger partial charge on any atom is -0.437 e. The molecule has 0 atom stereocenters. The van der Waals surface area contributed by atoms with E-state index in [1.54, 1.807) is 0 Å². The van der Waals surface area contributed by atoms with Gasteiger partial charge in [-0.15, -0.1) is 0 Å². The number of carbonyl (C=O) groups is 1. The lowest BCUT2D eigenvalue weighted by atomic mass is 10.1. The molecule has 0 spiro atoms. The van der Waals surface area contributed by atoms with Gasteiger partial charge in [-0.2, -0.15) is 4.99 Å². The molecule has 3 aromatic carbocycles. The molecule has 0 aliphatic heterocycles. The smallest absolute Gasteiger partial charge is 0.348 e. The van der Waals surface area contributed by atoms with E-state index >= 15 is 0 Å². The molecule has 2 amide bonds. The Labute approximate surface area is 179 Å². The summed E-state index contributed by atoms with van der Waals surface area (Å²) < 4.78 is 6.15. The molecule has 2 heterocycles. The summed E-state index contributed by atoms with van der Waals surface area (Å²) in [6.07, 6.45) is 0. The minimum atomic E-state index is -0.488. The Kier molecular flexibility index (Phi) is 4.64. The lowest BCUT2D eigenvalue weighted by molar-refractivity contribution is 0.258. The third-order valence-electron chi connectivity index (χ3n) is 5.30. The molecular weight excluding hydrogens is 386 g/mol. The summed E-state index contributed by atoms with van der Waals surface area (Å²) in [6, 6.07) is 25.1. The Morgan fingerprint density at radius 2 is 1.68 bits per heavy atom. The number of amides is 2. The number of anilines is 1. The van der Waals surface area contributed by atoms with E-state index in [-0.39, 0.29) is 5.55 Å². The highest BCUT2D eigenvalue weighted by atomic mass is 16.3. The van der Waals surface area contributed by atoms with E-state index in [2.05, 4.69) is 15.3 Å². The van der Waals surface area contributed by atoms with E-state index in [4.69, 9.17) is 4.42 Å². The van der Waals surface area contributed by atoms with Gasteiger partial charge < -0.3 is 14.7 Å². The maximum Gasteiger partial charge on any atom is 0.348 e. The number of nitrogens with zero attached hydrogens (tertiary/aromatic N) is 1. The lowest BCUT2D eigenvalue weighted by Crippen LogP contribution is -2.14. The lowest BCUT2D eigenvalue weighted by Gasteiger charge is -2.06. The fraction of sp³-hybridized carbons (Fsp3) is 0.0769. The number of carbonyl (C=O) groups excluding carboxylic acids is 1. The molecule has 5 nitrogen and oxygen atoms in total. The maximum absolute atomic E-state index is 12.7. The number of nitrogens with one attached hydrogen (secondary N) is 2. The third-order valence-corrected chi connectivity index (χ3v) is 5.30. The third kappa shape index (κ3) is 3.73. The quantitative estimate of drug-likeness (QED) is 0.359. The van der Waals surface area contributed by atoms with Crippen molar-refractivity contribution in [1.82, 2.24) is 4.98 Å². The first kappa shape index (κ1) is 18.9. The van der Waals surface area contributed by atoms with Crippen LogP contribution in [0, 0.1) is 13.8 Å². The summed E-state index contributed by atoms with van der Waals surface area (Å²) in [5.41, 5.74) is 6.35. The highest BCUT2D eigenvalue weighted by Gasteiger charge is 2.12. The molecule has 5 rings (SSSR count). The largest absolute Gasteiger partial charge is 0.437 e. The van der Waals surface area contributed by atoms with Gasteiger partial charge >= 0.3 is 6.03 Å². The van der Waals surface area contributed by atoms with Gasteiger partial charge in [0.2, 0.25) is 5.55 Å². The van der Waals surface area contributed by atoms with Crippen LogP contribution in [0.15, 0.2) is 88.3 Å². The van der Waals surface area contributed by atoms with Crippen LogP contribution in [0.5, 0.6) is 0 Å². The summed E-state index contributed by atoms with van der Waals surface area (Å²) in [5, 5.41) is 4.84. The average Bonchev–Trinajstić information content (AvgIpc) is 3.20. The molecule has 0 aliphatic rings. The van der Waals surface area contributed by atoms with Crippen LogP contribution in [0.4, 0.5) is 10.5 Å². The van der Waals surface area contributed by atoms with Crippen LogP contribution in [-0.4, -0.2) is 11.0 Å². The second-order valence-electron chi connectivity index (χ2n) is 7.64. The van der Waals surface area contributed by atoms with Gasteiger partial charge in [-0.05, 0) is 49.7 Å². The van der Waals surface area contributed by atoms with E-state index in [9.17, 15) is 4.79 Å². The number of hydrogen-bond donors (Lipinski definition) is 2. The van der Waals surface area contributed by atoms with Crippen molar-refractivity contribution in [2.45, 2.75) is 13.8 Å². The molecule has 31 heavy (non-hydrogen) atoms. The minimum absolute atomic E-state index is 0.262. The van der Waals surface area contributed by atoms with Gasteiger partial charge in [0.15, 0.2) is 0 Å². The standard InChI is InChI=1S/C26H21N3O2/c1-16-10-12-20(13-11-16)27-26(30)29-25-21(14-19-8-5-6-17(2)24(19)31-25)23-15-18-7-3-4-9-22(18)28-23/h3-15,28H,1-2H3,(H,27,30). The number of para-hydroxylation sites is 2. The SMILES string of the molecule is Cc1ccc(NC(=O)N=c2oc3c(C)cccc3cc2-c2cc3ccccc3[nH]2)cc1. The summed E-state index contributed by atoms with van der Waals surface area (Å²) in [6.45, 7) is 3.98. The fourth-order valence-corrected chi connectivity index (χ4v) is 3.67. The first-order valence-corrected chi connectivity index (χ1v) is 10.1. The Hall–Kier alpha value is -4.12. The zero-order valence-corrected chi connectivity index (χ0v) is 17.3. The van der Waals surface area contributed by atoms with Gasteiger partial charge in [0, 0.05) is 22.0 Å². The van der Waals surface area contributed by atoms with E-state index in [1.165, 1.54) is 0 Å².